The highest BCUT2D eigenvalue weighted by molar-refractivity contribution is 7.91. The van der Waals surface area contributed by atoms with E-state index in [1.165, 1.54) is 0 Å². The van der Waals surface area contributed by atoms with Crippen LogP contribution >= 0.6 is 11.6 Å². The number of carbonyl (C=O) groups is 1. The van der Waals surface area contributed by atoms with Crippen LogP contribution in [0.1, 0.15) is 32.3 Å². The summed E-state index contributed by atoms with van der Waals surface area (Å²) in [6, 6.07) is 6.87. The SMILES string of the molecule is CC(C)(C)OC(=O)N[C@@]1(CN)[C@H](S(C)(=O)=O)[C@@H]1c1ccc(Cl)cc1. The first kappa shape index (κ1) is 19.0. The maximum atomic E-state index is 12.2. The van der Waals surface area contributed by atoms with Gasteiger partial charge < -0.3 is 15.8 Å². The number of ether oxygens (including phenoxy) is 1. The van der Waals surface area contributed by atoms with Crippen LogP contribution in [0.15, 0.2) is 24.3 Å². The van der Waals surface area contributed by atoms with Crippen LogP contribution < -0.4 is 11.1 Å². The highest BCUT2D eigenvalue weighted by atomic mass is 35.5. The number of hydrogen-bond donors (Lipinski definition) is 2. The van der Waals surface area contributed by atoms with Crippen LogP contribution in [-0.4, -0.2) is 43.7 Å². The van der Waals surface area contributed by atoms with Crippen molar-refractivity contribution in [2.24, 2.45) is 5.73 Å². The molecule has 0 saturated heterocycles. The normalized spacial score (nSPS) is 26.8. The lowest BCUT2D eigenvalue weighted by Crippen LogP contribution is -2.48. The Kier molecular flexibility index (Phi) is 4.92. The van der Waals surface area contributed by atoms with Gasteiger partial charge in [-0.15, -0.1) is 0 Å². The molecule has 0 spiro atoms. The van der Waals surface area contributed by atoms with E-state index >= 15 is 0 Å². The van der Waals surface area contributed by atoms with Crippen molar-refractivity contribution in [1.29, 1.82) is 0 Å². The van der Waals surface area contributed by atoms with Crippen molar-refractivity contribution < 1.29 is 17.9 Å². The Morgan fingerprint density at radius 1 is 1.33 bits per heavy atom. The Bertz CT molecular complexity index is 727. The van der Waals surface area contributed by atoms with Gasteiger partial charge in [0.05, 0.1) is 10.8 Å². The van der Waals surface area contributed by atoms with Crippen molar-refractivity contribution >= 4 is 27.5 Å². The van der Waals surface area contributed by atoms with Gasteiger partial charge in [0, 0.05) is 23.7 Å². The number of alkyl carbamates (subject to hydrolysis) is 1. The molecule has 8 heteroatoms. The van der Waals surface area contributed by atoms with Gasteiger partial charge in [0.1, 0.15) is 5.60 Å². The highest BCUT2D eigenvalue weighted by Crippen LogP contribution is 2.55. The van der Waals surface area contributed by atoms with Gasteiger partial charge in [-0.05, 0) is 38.5 Å². The monoisotopic (exact) mass is 374 g/mol. The number of sulfone groups is 1. The van der Waals surface area contributed by atoms with E-state index in [4.69, 9.17) is 22.1 Å². The van der Waals surface area contributed by atoms with Gasteiger partial charge in [-0.25, -0.2) is 13.2 Å². The second kappa shape index (κ2) is 6.20. The van der Waals surface area contributed by atoms with Crippen molar-refractivity contribution in [3.8, 4) is 0 Å². The molecule has 1 aromatic carbocycles. The Labute approximate surface area is 147 Å². The lowest BCUT2D eigenvalue weighted by Gasteiger charge is -2.24. The summed E-state index contributed by atoms with van der Waals surface area (Å²) in [5.74, 6) is -0.442. The van der Waals surface area contributed by atoms with Gasteiger partial charge in [0.15, 0.2) is 9.84 Å². The van der Waals surface area contributed by atoms with Crippen molar-refractivity contribution in [3.63, 3.8) is 0 Å². The van der Waals surface area contributed by atoms with Crippen molar-refractivity contribution in [2.75, 3.05) is 12.8 Å². The lowest BCUT2D eigenvalue weighted by molar-refractivity contribution is 0.0497. The summed E-state index contributed by atoms with van der Waals surface area (Å²) in [7, 11) is -3.43. The summed E-state index contributed by atoms with van der Waals surface area (Å²) in [6.45, 7) is 5.19. The number of amides is 1. The Balaban J connectivity index is 2.34. The molecule has 3 N–H and O–H groups in total. The minimum Gasteiger partial charge on any atom is -0.444 e. The first-order chi connectivity index (χ1) is 10.9. The molecule has 1 saturated carbocycles. The molecule has 0 unspecified atom stereocenters. The van der Waals surface area contributed by atoms with Crippen LogP contribution in [0.3, 0.4) is 0 Å². The van der Waals surface area contributed by atoms with E-state index in [1.54, 1.807) is 45.0 Å². The van der Waals surface area contributed by atoms with Crippen LogP contribution in [0.2, 0.25) is 5.02 Å². The Morgan fingerprint density at radius 2 is 1.88 bits per heavy atom. The van der Waals surface area contributed by atoms with Crippen LogP contribution in [0.5, 0.6) is 0 Å². The van der Waals surface area contributed by atoms with Crippen LogP contribution in [-0.2, 0) is 14.6 Å². The summed E-state index contributed by atoms with van der Waals surface area (Å²) >= 11 is 5.89. The Morgan fingerprint density at radius 3 is 2.29 bits per heavy atom. The number of halogens is 1. The van der Waals surface area contributed by atoms with E-state index in [1.807, 2.05) is 0 Å². The summed E-state index contributed by atoms with van der Waals surface area (Å²) in [4.78, 5) is 12.2. The minimum atomic E-state index is -3.43. The van der Waals surface area contributed by atoms with Crippen molar-refractivity contribution in [1.82, 2.24) is 5.32 Å². The third-order valence-corrected chi connectivity index (χ3v) is 5.89. The molecule has 0 aromatic heterocycles. The Hall–Kier alpha value is -1.31. The maximum Gasteiger partial charge on any atom is 0.408 e. The number of hydrogen-bond acceptors (Lipinski definition) is 5. The van der Waals surface area contributed by atoms with Crippen LogP contribution in [0.25, 0.3) is 0 Å². The van der Waals surface area contributed by atoms with Gasteiger partial charge in [0.2, 0.25) is 0 Å². The molecule has 0 heterocycles. The number of nitrogens with two attached hydrogens (primary N) is 1. The predicted octanol–water partition coefficient (Wildman–Crippen LogP) is 2.07. The number of rotatable bonds is 4. The van der Waals surface area contributed by atoms with E-state index < -0.39 is 38.2 Å². The van der Waals surface area contributed by atoms with Crippen LogP contribution in [0.4, 0.5) is 4.79 Å². The number of benzene rings is 1. The molecule has 1 aromatic rings. The molecule has 24 heavy (non-hydrogen) atoms. The molecule has 1 aliphatic carbocycles. The number of nitrogens with one attached hydrogen (secondary N) is 1. The summed E-state index contributed by atoms with van der Waals surface area (Å²) < 4.78 is 29.7. The fraction of sp³-hybridized carbons (Fsp3) is 0.562. The van der Waals surface area contributed by atoms with Gasteiger partial charge in [-0.2, -0.15) is 0 Å². The largest absolute Gasteiger partial charge is 0.444 e. The standard InChI is InChI=1S/C16H23ClN2O4S/c1-15(2,3)23-14(20)19-16(9-18)12(13(16)24(4,21)22)10-5-7-11(17)8-6-10/h5-8,12-13H,9,18H2,1-4H3,(H,19,20)/t12-,13+,16+/m0/s1. The zero-order chi connectivity index (χ0) is 18.3. The lowest BCUT2D eigenvalue weighted by atomic mass is 10.1. The summed E-state index contributed by atoms with van der Waals surface area (Å²) in [5.41, 5.74) is 4.86. The average Bonchev–Trinajstić information content (AvgIpc) is 3.06. The van der Waals surface area contributed by atoms with Crippen molar-refractivity contribution in [2.45, 2.75) is 43.1 Å². The molecule has 0 aliphatic heterocycles. The molecule has 3 atom stereocenters. The van der Waals surface area contributed by atoms with E-state index in [2.05, 4.69) is 5.32 Å². The van der Waals surface area contributed by atoms with Gasteiger partial charge in [-0.3, -0.25) is 0 Å². The highest BCUT2D eigenvalue weighted by Gasteiger charge is 2.70. The molecule has 0 bridgehead atoms. The molecule has 1 amide bonds. The van der Waals surface area contributed by atoms with E-state index in [9.17, 15) is 13.2 Å². The first-order valence-electron chi connectivity index (χ1n) is 7.56. The first-order valence-corrected chi connectivity index (χ1v) is 9.89. The van der Waals surface area contributed by atoms with E-state index in [0.717, 1.165) is 11.8 Å². The summed E-state index contributed by atoms with van der Waals surface area (Å²) in [6.07, 6.45) is 0.465. The second-order valence-corrected chi connectivity index (χ2v) is 9.75. The molecule has 134 valence electrons. The maximum absolute atomic E-state index is 12.2. The molecule has 0 radical (unpaired) electrons. The fourth-order valence-electron chi connectivity index (χ4n) is 3.11. The molecule has 1 aliphatic rings. The smallest absolute Gasteiger partial charge is 0.408 e. The van der Waals surface area contributed by atoms with E-state index in [0.29, 0.717) is 5.02 Å². The molecular formula is C16H23ClN2O4S. The van der Waals surface area contributed by atoms with Gasteiger partial charge in [-0.1, -0.05) is 23.7 Å². The quantitative estimate of drug-likeness (QED) is 0.840. The number of carbonyl (C=O) groups excluding carboxylic acids is 1. The molecule has 1 fully saturated rings. The summed E-state index contributed by atoms with van der Waals surface area (Å²) in [5, 5.41) is 2.44. The second-order valence-electron chi connectivity index (χ2n) is 7.15. The average molecular weight is 375 g/mol. The van der Waals surface area contributed by atoms with Crippen LogP contribution in [0, 0.1) is 0 Å². The van der Waals surface area contributed by atoms with Crippen molar-refractivity contribution in [3.05, 3.63) is 34.9 Å². The predicted molar refractivity (Wildman–Crippen MR) is 94.0 cm³/mol. The van der Waals surface area contributed by atoms with Gasteiger partial charge in [0.25, 0.3) is 0 Å². The van der Waals surface area contributed by atoms with Gasteiger partial charge >= 0.3 is 6.09 Å². The fourth-order valence-corrected chi connectivity index (χ4v) is 5.12. The van der Waals surface area contributed by atoms with E-state index in [-0.39, 0.29) is 6.54 Å². The minimum absolute atomic E-state index is 0.0166. The third-order valence-electron chi connectivity index (χ3n) is 4.02. The third kappa shape index (κ3) is 3.84. The zero-order valence-corrected chi connectivity index (χ0v) is 15.7. The topological polar surface area (TPSA) is 98.5 Å². The molecule has 2 rings (SSSR count). The zero-order valence-electron chi connectivity index (χ0n) is 14.2. The molecule has 6 nitrogen and oxygen atoms in total. The molecular weight excluding hydrogens is 352 g/mol.